The second-order valence-electron chi connectivity index (χ2n) is 5.96. The molecule has 2 nitrogen and oxygen atoms in total. The molecule has 1 saturated carbocycles. The fourth-order valence-electron chi connectivity index (χ4n) is 2.76. The van der Waals surface area contributed by atoms with Crippen LogP contribution in [0.3, 0.4) is 0 Å². The average Bonchev–Trinajstić information content (AvgIpc) is 2.17. The molecule has 1 rings (SSSR count). The van der Waals surface area contributed by atoms with Crippen LogP contribution in [0.1, 0.15) is 53.4 Å². The van der Waals surface area contributed by atoms with Gasteiger partial charge in [-0.2, -0.15) is 0 Å². The highest BCUT2D eigenvalue weighted by Gasteiger charge is 2.21. The average molecular weight is 227 g/mol. The molecule has 1 fully saturated rings. The minimum atomic E-state index is -0.0188. The molecule has 1 aliphatic rings. The van der Waals surface area contributed by atoms with Crippen LogP contribution in [0.15, 0.2) is 0 Å². The molecule has 16 heavy (non-hydrogen) atoms. The number of rotatable bonds is 6. The molecular formula is C14H29NO. The van der Waals surface area contributed by atoms with Gasteiger partial charge >= 0.3 is 0 Å². The van der Waals surface area contributed by atoms with Crippen molar-refractivity contribution in [2.24, 2.45) is 11.8 Å². The molecule has 0 amide bonds. The van der Waals surface area contributed by atoms with E-state index in [2.05, 4.69) is 33.0 Å². The Morgan fingerprint density at radius 3 is 2.69 bits per heavy atom. The molecule has 1 aliphatic carbocycles. The Morgan fingerprint density at radius 1 is 1.31 bits per heavy atom. The van der Waals surface area contributed by atoms with Gasteiger partial charge in [0, 0.05) is 13.2 Å². The van der Waals surface area contributed by atoms with Gasteiger partial charge in [0.2, 0.25) is 0 Å². The summed E-state index contributed by atoms with van der Waals surface area (Å²) in [4.78, 5) is 0. The highest BCUT2D eigenvalue weighted by atomic mass is 16.5. The van der Waals surface area contributed by atoms with Crippen LogP contribution in [0.2, 0.25) is 0 Å². The van der Waals surface area contributed by atoms with Crippen LogP contribution < -0.4 is 5.32 Å². The summed E-state index contributed by atoms with van der Waals surface area (Å²) in [5.74, 6) is 1.82. The number of ether oxygens (including phenoxy) is 1. The van der Waals surface area contributed by atoms with Crippen LogP contribution in [-0.4, -0.2) is 25.3 Å². The first-order chi connectivity index (χ1) is 7.53. The minimum absolute atomic E-state index is 0.0188. The van der Waals surface area contributed by atoms with Gasteiger partial charge < -0.3 is 10.1 Å². The molecule has 0 aromatic carbocycles. The van der Waals surface area contributed by atoms with E-state index >= 15 is 0 Å². The van der Waals surface area contributed by atoms with Gasteiger partial charge in [-0.3, -0.25) is 0 Å². The van der Waals surface area contributed by atoms with E-state index < -0.39 is 0 Å². The van der Waals surface area contributed by atoms with Gasteiger partial charge in [-0.25, -0.2) is 0 Å². The van der Waals surface area contributed by atoms with E-state index in [-0.39, 0.29) is 5.60 Å². The lowest BCUT2D eigenvalue weighted by atomic mass is 9.82. The summed E-state index contributed by atoms with van der Waals surface area (Å²) in [6, 6.07) is 0. The van der Waals surface area contributed by atoms with Gasteiger partial charge in [0.1, 0.15) is 0 Å². The molecule has 0 aromatic rings. The van der Waals surface area contributed by atoms with E-state index in [0.29, 0.717) is 0 Å². The third-order valence-electron chi connectivity index (χ3n) is 3.56. The molecule has 0 saturated heterocycles. The Bertz CT molecular complexity index is 191. The van der Waals surface area contributed by atoms with Crippen LogP contribution in [-0.2, 0) is 4.74 Å². The maximum Gasteiger partial charge on any atom is 0.0750 e. The van der Waals surface area contributed by atoms with Crippen LogP contribution in [0.5, 0.6) is 0 Å². The number of hydrogen-bond acceptors (Lipinski definition) is 2. The molecular weight excluding hydrogens is 198 g/mol. The zero-order valence-corrected chi connectivity index (χ0v) is 11.5. The Balaban J connectivity index is 2.14. The normalized spacial score (nSPS) is 27.0. The van der Waals surface area contributed by atoms with E-state index in [1.807, 2.05) is 0 Å². The zero-order valence-electron chi connectivity index (χ0n) is 11.5. The van der Waals surface area contributed by atoms with E-state index in [1.165, 1.54) is 32.2 Å². The van der Waals surface area contributed by atoms with Gasteiger partial charge in [-0.1, -0.05) is 19.8 Å². The van der Waals surface area contributed by atoms with Crippen molar-refractivity contribution >= 4 is 0 Å². The molecule has 2 heteroatoms. The molecule has 0 heterocycles. The van der Waals surface area contributed by atoms with Crippen molar-refractivity contribution in [1.29, 1.82) is 0 Å². The van der Waals surface area contributed by atoms with E-state index in [9.17, 15) is 0 Å². The van der Waals surface area contributed by atoms with Crippen molar-refractivity contribution in [2.75, 3.05) is 19.7 Å². The molecule has 0 aliphatic heterocycles. The summed E-state index contributed by atoms with van der Waals surface area (Å²) in [7, 11) is 0. The Morgan fingerprint density at radius 2 is 2.06 bits per heavy atom. The van der Waals surface area contributed by atoms with Gasteiger partial charge in [-0.05, 0) is 52.0 Å². The maximum absolute atomic E-state index is 5.68. The molecule has 0 bridgehead atoms. The summed E-state index contributed by atoms with van der Waals surface area (Å²) >= 11 is 0. The Kier molecular flexibility index (Phi) is 5.77. The predicted molar refractivity (Wildman–Crippen MR) is 69.7 cm³/mol. The fraction of sp³-hybridized carbons (Fsp3) is 1.00. The van der Waals surface area contributed by atoms with Crippen LogP contribution in [0, 0.1) is 11.8 Å². The zero-order chi connectivity index (χ0) is 12.0. The number of hydrogen-bond donors (Lipinski definition) is 1. The van der Waals surface area contributed by atoms with E-state index in [0.717, 1.165) is 25.0 Å². The molecule has 2 unspecified atom stereocenters. The lowest BCUT2D eigenvalue weighted by Gasteiger charge is -2.29. The first-order valence-corrected chi connectivity index (χ1v) is 6.88. The molecule has 0 aromatic heterocycles. The summed E-state index contributed by atoms with van der Waals surface area (Å²) in [6.45, 7) is 11.7. The topological polar surface area (TPSA) is 21.3 Å². The minimum Gasteiger partial charge on any atom is -0.375 e. The monoisotopic (exact) mass is 227 g/mol. The quantitative estimate of drug-likeness (QED) is 0.752. The second-order valence-corrected chi connectivity index (χ2v) is 5.96. The Labute approximate surface area is 101 Å². The van der Waals surface area contributed by atoms with Gasteiger partial charge in [0.25, 0.3) is 0 Å². The van der Waals surface area contributed by atoms with Crippen molar-refractivity contribution in [3.63, 3.8) is 0 Å². The largest absolute Gasteiger partial charge is 0.375 e. The Hall–Kier alpha value is -0.0800. The van der Waals surface area contributed by atoms with Gasteiger partial charge in [-0.15, -0.1) is 0 Å². The van der Waals surface area contributed by atoms with Crippen molar-refractivity contribution in [2.45, 2.75) is 59.0 Å². The van der Waals surface area contributed by atoms with Crippen LogP contribution in [0.4, 0.5) is 0 Å². The van der Waals surface area contributed by atoms with Crippen molar-refractivity contribution in [3.8, 4) is 0 Å². The first-order valence-electron chi connectivity index (χ1n) is 6.88. The molecule has 2 atom stereocenters. The third-order valence-corrected chi connectivity index (χ3v) is 3.56. The van der Waals surface area contributed by atoms with Crippen molar-refractivity contribution in [1.82, 2.24) is 5.32 Å². The van der Waals surface area contributed by atoms with Gasteiger partial charge in [0.05, 0.1) is 5.60 Å². The molecule has 96 valence electrons. The lowest BCUT2D eigenvalue weighted by Crippen LogP contribution is -2.40. The molecule has 0 spiro atoms. The number of nitrogens with one attached hydrogen (secondary N) is 1. The fourth-order valence-corrected chi connectivity index (χ4v) is 2.76. The summed E-state index contributed by atoms with van der Waals surface area (Å²) in [5.41, 5.74) is -0.0188. The lowest BCUT2D eigenvalue weighted by molar-refractivity contribution is -0.00955. The predicted octanol–water partition coefficient (Wildman–Crippen LogP) is 3.22. The smallest absolute Gasteiger partial charge is 0.0750 e. The van der Waals surface area contributed by atoms with E-state index in [1.54, 1.807) is 0 Å². The SMILES string of the molecule is CCOC(C)(C)CNCC1CCCC(C)C1. The highest BCUT2D eigenvalue weighted by molar-refractivity contribution is 4.76. The van der Waals surface area contributed by atoms with Crippen molar-refractivity contribution in [3.05, 3.63) is 0 Å². The third kappa shape index (κ3) is 5.31. The van der Waals surface area contributed by atoms with E-state index in [4.69, 9.17) is 4.74 Å². The molecule has 0 radical (unpaired) electrons. The van der Waals surface area contributed by atoms with Gasteiger partial charge in [0.15, 0.2) is 0 Å². The summed E-state index contributed by atoms with van der Waals surface area (Å²) < 4.78 is 5.68. The maximum atomic E-state index is 5.68. The van der Waals surface area contributed by atoms with Crippen molar-refractivity contribution < 1.29 is 4.74 Å². The summed E-state index contributed by atoms with van der Waals surface area (Å²) in [6.07, 6.45) is 5.66. The molecule has 1 N–H and O–H groups in total. The highest BCUT2D eigenvalue weighted by Crippen LogP contribution is 2.27. The first kappa shape index (κ1) is 14.0. The second kappa shape index (κ2) is 6.61. The standard InChI is InChI=1S/C14H29NO/c1-5-16-14(3,4)11-15-10-13-8-6-7-12(2)9-13/h12-13,15H,5-11H2,1-4H3. The van der Waals surface area contributed by atoms with Crippen LogP contribution >= 0.6 is 0 Å². The van der Waals surface area contributed by atoms with Crippen LogP contribution in [0.25, 0.3) is 0 Å². The summed E-state index contributed by atoms with van der Waals surface area (Å²) in [5, 5.41) is 3.58.